The molecule has 1 heterocycles. The van der Waals surface area contributed by atoms with Crippen molar-refractivity contribution in [3.05, 3.63) is 0 Å². The van der Waals surface area contributed by atoms with Crippen molar-refractivity contribution >= 4 is 0 Å². The maximum absolute atomic E-state index is 5.79. The Kier molecular flexibility index (Phi) is 2.02. The van der Waals surface area contributed by atoms with Crippen molar-refractivity contribution in [2.45, 2.75) is 38.8 Å². The van der Waals surface area contributed by atoms with E-state index in [1.54, 1.807) is 0 Å². The van der Waals surface area contributed by atoms with E-state index in [4.69, 9.17) is 10.5 Å². The highest BCUT2D eigenvalue weighted by Gasteiger charge is 2.37. The zero-order chi connectivity index (χ0) is 7.78. The van der Waals surface area contributed by atoms with Gasteiger partial charge in [0.25, 0.3) is 0 Å². The number of rotatable bonds is 1. The molecule has 2 N–H and O–H groups in total. The topological polar surface area (TPSA) is 35.2 Å². The lowest BCUT2D eigenvalue weighted by atomic mass is 9.86. The van der Waals surface area contributed by atoms with Crippen LogP contribution in [0.2, 0.25) is 0 Å². The Bertz CT molecular complexity index is 120. The summed E-state index contributed by atoms with van der Waals surface area (Å²) in [6, 6.07) is 0.262. The number of hydrogen-bond donors (Lipinski definition) is 1. The van der Waals surface area contributed by atoms with Crippen LogP contribution in [-0.4, -0.2) is 18.2 Å². The normalized spacial score (nSPS) is 34.2. The van der Waals surface area contributed by atoms with Crippen LogP contribution >= 0.6 is 0 Å². The van der Waals surface area contributed by atoms with E-state index in [-0.39, 0.29) is 11.6 Å². The predicted molar refractivity (Wildman–Crippen MR) is 41.8 cm³/mol. The van der Waals surface area contributed by atoms with Crippen molar-refractivity contribution in [1.82, 2.24) is 0 Å². The van der Waals surface area contributed by atoms with Crippen LogP contribution in [-0.2, 0) is 4.74 Å². The van der Waals surface area contributed by atoms with E-state index in [0.29, 0.717) is 5.92 Å². The largest absolute Gasteiger partial charge is 0.375 e. The first kappa shape index (κ1) is 8.02. The standard InChI is InChI=1S/C8H17NO/c1-6(9)7-4-5-10-8(7,2)3/h6-7H,4-5,9H2,1-3H3/t6-,7?/m0/s1. The minimum Gasteiger partial charge on any atom is -0.375 e. The number of nitrogens with two attached hydrogens (primary N) is 1. The third kappa shape index (κ3) is 1.32. The smallest absolute Gasteiger partial charge is 0.0670 e. The summed E-state index contributed by atoms with van der Waals surface area (Å²) in [6.07, 6.45) is 1.12. The first-order chi connectivity index (χ1) is 4.54. The molecule has 0 aromatic carbocycles. The maximum atomic E-state index is 5.79. The van der Waals surface area contributed by atoms with Gasteiger partial charge in [0.15, 0.2) is 0 Å². The average molecular weight is 143 g/mol. The van der Waals surface area contributed by atoms with Gasteiger partial charge in [-0.15, -0.1) is 0 Å². The Morgan fingerprint density at radius 2 is 2.20 bits per heavy atom. The van der Waals surface area contributed by atoms with Gasteiger partial charge in [-0.25, -0.2) is 0 Å². The molecular formula is C8H17NO. The number of hydrogen-bond acceptors (Lipinski definition) is 2. The molecule has 0 amide bonds. The Hall–Kier alpha value is -0.0800. The van der Waals surface area contributed by atoms with Gasteiger partial charge in [0.1, 0.15) is 0 Å². The quantitative estimate of drug-likeness (QED) is 0.597. The Balaban J connectivity index is 2.59. The molecule has 60 valence electrons. The van der Waals surface area contributed by atoms with Crippen molar-refractivity contribution in [3.63, 3.8) is 0 Å². The lowest BCUT2D eigenvalue weighted by Crippen LogP contribution is -2.39. The van der Waals surface area contributed by atoms with E-state index < -0.39 is 0 Å². The van der Waals surface area contributed by atoms with Crippen LogP contribution in [0.1, 0.15) is 27.2 Å². The van der Waals surface area contributed by atoms with E-state index in [9.17, 15) is 0 Å². The van der Waals surface area contributed by atoms with Crippen molar-refractivity contribution in [3.8, 4) is 0 Å². The van der Waals surface area contributed by atoms with Crippen molar-refractivity contribution in [2.75, 3.05) is 6.61 Å². The highest BCUT2D eigenvalue weighted by atomic mass is 16.5. The van der Waals surface area contributed by atoms with Crippen LogP contribution in [0.5, 0.6) is 0 Å². The van der Waals surface area contributed by atoms with Gasteiger partial charge in [0.2, 0.25) is 0 Å². The molecule has 1 saturated heterocycles. The molecule has 0 spiro atoms. The second-order valence-corrected chi connectivity index (χ2v) is 3.71. The highest BCUT2D eigenvalue weighted by molar-refractivity contribution is 4.89. The Morgan fingerprint density at radius 1 is 1.60 bits per heavy atom. The monoisotopic (exact) mass is 143 g/mol. The van der Waals surface area contributed by atoms with Crippen LogP contribution in [0.25, 0.3) is 0 Å². The molecule has 1 unspecified atom stereocenters. The Labute approximate surface area is 62.7 Å². The third-order valence-corrected chi connectivity index (χ3v) is 2.43. The van der Waals surface area contributed by atoms with E-state index >= 15 is 0 Å². The van der Waals surface area contributed by atoms with E-state index in [0.717, 1.165) is 13.0 Å². The lowest BCUT2D eigenvalue weighted by molar-refractivity contribution is 0.00659. The molecule has 0 radical (unpaired) electrons. The summed E-state index contributed by atoms with van der Waals surface area (Å²) >= 11 is 0. The summed E-state index contributed by atoms with van der Waals surface area (Å²) in [7, 11) is 0. The molecule has 2 atom stereocenters. The maximum Gasteiger partial charge on any atom is 0.0670 e. The fourth-order valence-electron chi connectivity index (χ4n) is 1.80. The molecule has 1 aliphatic heterocycles. The highest BCUT2D eigenvalue weighted by Crippen LogP contribution is 2.32. The zero-order valence-electron chi connectivity index (χ0n) is 7.05. The summed E-state index contributed by atoms with van der Waals surface area (Å²) < 4.78 is 5.53. The fourth-order valence-corrected chi connectivity index (χ4v) is 1.80. The van der Waals surface area contributed by atoms with Crippen molar-refractivity contribution < 1.29 is 4.74 Å². The minimum atomic E-state index is 0.00810. The van der Waals surface area contributed by atoms with Crippen LogP contribution in [0.3, 0.4) is 0 Å². The van der Waals surface area contributed by atoms with Crippen molar-refractivity contribution in [1.29, 1.82) is 0 Å². The first-order valence-corrected chi connectivity index (χ1v) is 3.93. The molecule has 1 aliphatic rings. The molecule has 0 bridgehead atoms. The molecule has 0 aromatic heterocycles. The van der Waals surface area contributed by atoms with Gasteiger partial charge in [-0.05, 0) is 27.2 Å². The fraction of sp³-hybridized carbons (Fsp3) is 1.00. The van der Waals surface area contributed by atoms with Crippen LogP contribution < -0.4 is 5.73 Å². The lowest BCUT2D eigenvalue weighted by Gasteiger charge is -2.28. The molecule has 2 heteroatoms. The molecule has 0 saturated carbocycles. The molecular weight excluding hydrogens is 126 g/mol. The van der Waals surface area contributed by atoms with Gasteiger partial charge in [-0.1, -0.05) is 0 Å². The van der Waals surface area contributed by atoms with Gasteiger partial charge in [0, 0.05) is 18.6 Å². The minimum absolute atomic E-state index is 0.00810. The van der Waals surface area contributed by atoms with Gasteiger partial charge < -0.3 is 10.5 Å². The van der Waals surface area contributed by atoms with Crippen LogP contribution in [0, 0.1) is 5.92 Å². The summed E-state index contributed by atoms with van der Waals surface area (Å²) in [5, 5.41) is 0. The number of ether oxygens (including phenoxy) is 1. The van der Waals surface area contributed by atoms with Crippen molar-refractivity contribution in [2.24, 2.45) is 11.7 Å². The molecule has 2 nitrogen and oxygen atoms in total. The summed E-state index contributed by atoms with van der Waals surface area (Å²) in [5.41, 5.74) is 5.80. The predicted octanol–water partition coefficient (Wildman–Crippen LogP) is 1.15. The van der Waals surface area contributed by atoms with Gasteiger partial charge >= 0.3 is 0 Å². The zero-order valence-corrected chi connectivity index (χ0v) is 7.05. The molecule has 1 fully saturated rings. The van der Waals surface area contributed by atoms with Crippen LogP contribution in [0.15, 0.2) is 0 Å². The van der Waals surface area contributed by atoms with Gasteiger partial charge in [-0.2, -0.15) is 0 Å². The second kappa shape index (κ2) is 2.51. The summed E-state index contributed by atoms with van der Waals surface area (Å²) in [5.74, 6) is 0.535. The van der Waals surface area contributed by atoms with Gasteiger partial charge in [0.05, 0.1) is 5.60 Å². The first-order valence-electron chi connectivity index (χ1n) is 3.93. The molecule has 1 rings (SSSR count). The summed E-state index contributed by atoms with van der Waals surface area (Å²) in [4.78, 5) is 0. The third-order valence-electron chi connectivity index (χ3n) is 2.43. The summed E-state index contributed by atoms with van der Waals surface area (Å²) in [6.45, 7) is 7.17. The SMILES string of the molecule is C[C@H](N)C1CCOC1(C)C. The molecule has 10 heavy (non-hydrogen) atoms. The average Bonchev–Trinajstić information content (AvgIpc) is 2.08. The van der Waals surface area contributed by atoms with E-state index in [1.165, 1.54) is 0 Å². The molecule has 0 aliphatic carbocycles. The van der Waals surface area contributed by atoms with Gasteiger partial charge in [-0.3, -0.25) is 0 Å². The van der Waals surface area contributed by atoms with Crippen LogP contribution in [0.4, 0.5) is 0 Å². The van der Waals surface area contributed by atoms with E-state index in [1.807, 2.05) is 0 Å². The molecule has 0 aromatic rings. The Morgan fingerprint density at radius 3 is 2.40 bits per heavy atom. The van der Waals surface area contributed by atoms with E-state index in [2.05, 4.69) is 20.8 Å². The second-order valence-electron chi connectivity index (χ2n) is 3.71.